The normalized spacial score (nSPS) is 19.4. The summed E-state index contributed by atoms with van der Waals surface area (Å²) >= 11 is 0. The van der Waals surface area contributed by atoms with Crippen molar-refractivity contribution in [3.05, 3.63) is 29.6 Å². The molecule has 0 bridgehead atoms. The molecule has 1 aliphatic carbocycles. The zero-order chi connectivity index (χ0) is 14.6. The molecular formula is C17H29N3. The summed E-state index contributed by atoms with van der Waals surface area (Å²) in [5.74, 6) is 0. The van der Waals surface area contributed by atoms with Gasteiger partial charge in [-0.15, -0.1) is 0 Å². The number of nitrogens with zero attached hydrogens (tertiary/aromatic N) is 2. The van der Waals surface area contributed by atoms with E-state index in [2.05, 4.69) is 55.4 Å². The fraction of sp³-hybridized carbons (Fsp3) is 0.706. The van der Waals surface area contributed by atoms with Gasteiger partial charge in [0.15, 0.2) is 0 Å². The van der Waals surface area contributed by atoms with E-state index in [1.807, 2.05) is 6.20 Å². The van der Waals surface area contributed by atoms with Crippen LogP contribution in [0.15, 0.2) is 18.3 Å². The Morgan fingerprint density at radius 3 is 2.45 bits per heavy atom. The first-order chi connectivity index (χ1) is 9.62. The number of aryl methyl sites for hydroxylation is 1. The topological polar surface area (TPSA) is 28.2 Å². The molecule has 2 rings (SSSR count). The van der Waals surface area contributed by atoms with Gasteiger partial charge in [-0.25, -0.2) is 0 Å². The molecule has 1 unspecified atom stereocenters. The van der Waals surface area contributed by atoms with Crippen LogP contribution in [-0.2, 0) is 12.8 Å². The van der Waals surface area contributed by atoms with E-state index in [0.29, 0.717) is 11.6 Å². The Morgan fingerprint density at radius 2 is 2.00 bits per heavy atom. The van der Waals surface area contributed by atoms with Crippen LogP contribution >= 0.6 is 0 Å². The summed E-state index contributed by atoms with van der Waals surface area (Å²) < 4.78 is 0. The van der Waals surface area contributed by atoms with Crippen LogP contribution in [0.3, 0.4) is 0 Å². The Morgan fingerprint density at radius 1 is 1.30 bits per heavy atom. The van der Waals surface area contributed by atoms with Crippen molar-refractivity contribution in [3.8, 4) is 0 Å². The van der Waals surface area contributed by atoms with E-state index in [-0.39, 0.29) is 0 Å². The van der Waals surface area contributed by atoms with E-state index in [1.165, 1.54) is 36.9 Å². The highest BCUT2D eigenvalue weighted by atomic mass is 15.2. The number of rotatable bonds is 6. The lowest BCUT2D eigenvalue weighted by atomic mass is 9.84. The minimum absolute atomic E-state index is 0.292. The summed E-state index contributed by atoms with van der Waals surface area (Å²) in [6, 6.07) is 4.88. The van der Waals surface area contributed by atoms with Gasteiger partial charge in [-0.05, 0) is 52.0 Å². The summed E-state index contributed by atoms with van der Waals surface area (Å²) in [5, 5.41) is 3.56. The van der Waals surface area contributed by atoms with Gasteiger partial charge < -0.3 is 10.2 Å². The molecule has 1 atom stereocenters. The van der Waals surface area contributed by atoms with E-state index < -0.39 is 0 Å². The SMILES string of the molecule is CCc1ccc(CC(NC)C2(N(C)C)CCCC2)nc1. The number of hydrogen-bond acceptors (Lipinski definition) is 3. The summed E-state index contributed by atoms with van der Waals surface area (Å²) in [7, 11) is 6.54. The molecule has 0 saturated heterocycles. The van der Waals surface area contributed by atoms with Crippen LogP contribution in [-0.4, -0.2) is 42.6 Å². The molecule has 112 valence electrons. The Hall–Kier alpha value is -0.930. The molecule has 1 N–H and O–H groups in total. The minimum Gasteiger partial charge on any atom is -0.315 e. The van der Waals surface area contributed by atoms with Gasteiger partial charge in [-0.3, -0.25) is 4.98 Å². The van der Waals surface area contributed by atoms with Crippen molar-refractivity contribution in [1.82, 2.24) is 15.2 Å². The molecule has 1 aromatic heterocycles. The summed E-state index contributed by atoms with van der Waals surface area (Å²) in [6.07, 6.45) is 9.37. The second kappa shape index (κ2) is 6.68. The molecule has 20 heavy (non-hydrogen) atoms. The van der Waals surface area contributed by atoms with Crippen molar-refractivity contribution in [1.29, 1.82) is 0 Å². The van der Waals surface area contributed by atoms with Crippen LogP contribution in [0.2, 0.25) is 0 Å². The van der Waals surface area contributed by atoms with Gasteiger partial charge in [0.2, 0.25) is 0 Å². The first kappa shape index (κ1) is 15.5. The third-order valence-corrected chi connectivity index (χ3v) is 5.06. The first-order valence-electron chi connectivity index (χ1n) is 7.91. The molecule has 3 heteroatoms. The molecule has 0 aliphatic heterocycles. The highest BCUT2D eigenvalue weighted by Gasteiger charge is 2.42. The third-order valence-electron chi connectivity index (χ3n) is 5.06. The van der Waals surface area contributed by atoms with E-state index >= 15 is 0 Å². The van der Waals surface area contributed by atoms with Gasteiger partial charge in [0, 0.05) is 29.9 Å². The number of aromatic nitrogens is 1. The van der Waals surface area contributed by atoms with E-state index in [0.717, 1.165) is 12.8 Å². The lowest BCUT2D eigenvalue weighted by molar-refractivity contribution is 0.108. The molecule has 0 amide bonds. The van der Waals surface area contributed by atoms with Gasteiger partial charge in [0.05, 0.1) is 0 Å². The van der Waals surface area contributed by atoms with Crippen LogP contribution in [0, 0.1) is 0 Å². The maximum atomic E-state index is 4.64. The summed E-state index contributed by atoms with van der Waals surface area (Å²) in [6.45, 7) is 2.17. The van der Waals surface area contributed by atoms with Gasteiger partial charge in [0.1, 0.15) is 0 Å². The third kappa shape index (κ3) is 3.04. The van der Waals surface area contributed by atoms with Crippen molar-refractivity contribution in [2.24, 2.45) is 0 Å². The van der Waals surface area contributed by atoms with Gasteiger partial charge in [0.25, 0.3) is 0 Å². The second-order valence-electron chi connectivity index (χ2n) is 6.26. The molecule has 1 aromatic rings. The maximum Gasteiger partial charge on any atom is 0.0420 e. The fourth-order valence-corrected chi connectivity index (χ4v) is 3.65. The maximum absolute atomic E-state index is 4.64. The predicted octanol–water partition coefficient (Wildman–Crippen LogP) is 2.65. The molecular weight excluding hydrogens is 246 g/mol. The standard InChI is InChI=1S/C17H29N3/c1-5-14-8-9-15(19-13-14)12-16(18-2)17(20(3)4)10-6-7-11-17/h8-9,13,16,18H,5-7,10-12H2,1-4H3. The van der Waals surface area contributed by atoms with Gasteiger partial charge in [-0.1, -0.05) is 25.8 Å². The van der Waals surface area contributed by atoms with Gasteiger partial charge in [-0.2, -0.15) is 0 Å². The quantitative estimate of drug-likeness (QED) is 0.865. The molecule has 1 heterocycles. The lowest BCUT2D eigenvalue weighted by Crippen LogP contribution is -2.57. The van der Waals surface area contributed by atoms with Crippen LogP contribution in [0.25, 0.3) is 0 Å². The molecule has 0 aromatic carbocycles. The lowest BCUT2D eigenvalue weighted by Gasteiger charge is -2.43. The van der Waals surface area contributed by atoms with E-state index in [1.54, 1.807) is 0 Å². The average molecular weight is 275 g/mol. The predicted molar refractivity (Wildman–Crippen MR) is 85.1 cm³/mol. The average Bonchev–Trinajstić information content (AvgIpc) is 2.96. The number of nitrogens with one attached hydrogen (secondary N) is 1. The van der Waals surface area contributed by atoms with Crippen LogP contribution in [0.5, 0.6) is 0 Å². The van der Waals surface area contributed by atoms with E-state index in [9.17, 15) is 0 Å². The number of hydrogen-bond donors (Lipinski definition) is 1. The van der Waals surface area contributed by atoms with Crippen LogP contribution in [0.1, 0.15) is 43.9 Å². The molecule has 1 saturated carbocycles. The Labute approximate surface area is 123 Å². The fourth-order valence-electron chi connectivity index (χ4n) is 3.65. The second-order valence-corrected chi connectivity index (χ2v) is 6.26. The molecule has 1 fully saturated rings. The molecule has 1 aliphatic rings. The van der Waals surface area contributed by atoms with Crippen molar-refractivity contribution in [2.75, 3.05) is 21.1 Å². The Kier molecular flexibility index (Phi) is 5.17. The van der Waals surface area contributed by atoms with Crippen molar-refractivity contribution in [3.63, 3.8) is 0 Å². The zero-order valence-electron chi connectivity index (χ0n) is 13.4. The number of pyridine rings is 1. The number of likely N-dealkylation sites (N-methyl/N-ethyl adjacent to an activating group) is 2. The van der Waals surface area contributed by atoms with Crippen molar-refractivity contribution in [2.45, 2.75) is 57.0 Å². The Balaban J connectivity index is 2.14. The highest BCUT2D eigenvalue weighted by molar-refractivity contribution is 5.16. The summed E-state index contributed by atoms with van der Waals surface area (Å²) in [5.41, 5.74) is 2.81. The van der Waals surface area contributed by atoms with Gasteiger partial charge >= 0.3 is 0 Å². The first-order valence-corrected chi connectivity index (χ1v) is 7.91. The zero-order valence-corrected chi connectivity index (χ0v) is 13.4. The minimum atomic E-state index is 0.292. The molecule has 0 spiro atoms. The van der Waals surface area contributed by atoms with Crippen molar-refractivity contribution < 1.29 is 0 Å². The van der Waals surface area contributed by atoms with Crippen LogP contribution < -0.4 is 5.32 Å². The highest BCUT2D eigenvalue weighted by Crippen LogP contribution is 2.37. The molecule has 3 nitrogen and oxygen atoms in total. The largest absolute Gasteiger partial charge is 0.315 e. The Bertz CT molecular complexity index is 405. The monoisotopic (exact) mass is 275 g/mol. The van der Waals surface area contributed by atoms with Crippen LogP contribution in [0.4, 0.5) is 0 Å². The summed E-state index contributed by atoms with van der Waals surface area (Å²) in [4.78, 5) is 7.07. The molecule has 0 radical (unpaired) electrons. The van der Waals surface area contributed by atoms with Crippen molar-refractivity contribution >= 4 is 0 Å². The van der Waals surface area contributed by atoms with E-state index in [4.69, 9.17) is 0 Å². The smallest absolute Gasteiger partial charge is 0.0420 e.